The Morgan fingerprint density at radius 3 is 2.35 bits per heavy atom. The Labute approximate surface area is 139 Å². The van der Waals surface area contributed by atoms with Crippen LogP contribution in [0.1, 0.15) is 39.5 Å². The molecule has 1 fully saturated rings. The molecule has 5 nitrogen and oxygen atoms in total. The lowest BCUT2D eigenvalue weighted by Crippen LogP contribution is -2.59. The third-order valence-electron chi connectivity index (χ3n) is 4.74. The first-order valence-electron chi connectivity index (χ1n) is 8.65. The number of amides is 1. The van der Waals surface area contributed by atoms with Crippen molar-refractivity contribution in [3.63, 3.8) is 0 Å². The van der Waals surface area contributed by atoms with Crippen molar-refractivity contribution in [1.29, 1.82) is 0 Å². The van der Waals surface area contributed by atoms with Crippen LogP contribution in [0.3, 0.4) is 0 Å². The molecule has 1 aromatic carbocycles. The fraction of sp³-hybridized carbons (Fsp3) is 0.611. The van der Waals surface area contributed by atoms with Gasteiger partial charge in [0, 0.05) is 38.3 Å². The molecule has 128 valence electrons. The molecule has 0 aliphatic carbocycles. The second-order valence-corrected chi connectivity index (χ2v) is 6.13. The molecular formula is C18H29N3O2. The second-order valence-electron chi connectivity index (χ2n) is 6.13. The molecule has 0 spiro atoms. The first-order chi connectivity index (χ1) is 11.1. The van der Waals surface area contributed by atoms with Crippen molar-refractivity contribution in [3.05, 3.63) is 30.3 Å². The number of nitrogens with zero attached hydrogens (tertiary/aromatic N) is 2. The summed E-state index contributed by atoms with van der Waals surface area (Å²) in [4.78, 5) is 16.1. The van der Waals surface area contributed by atoms with Crippen molar-refractivity contribution in [2.75, 3.05) is 31.1 Å². The highest BCUT2D eigenvalue weighted by molar-refractivity contribution is 5.65. The molecule has 1 amide bonds. The molecule has 1 aromatic rings. The van der Waals surface area contributed by atoms with Crippen molar-refractivity contribution in [1.82, 2.24) is 4.90 Å². The number of benzene rings is 1. The number of ether oxygens (including phenoxy) is 1. The summed E-state index contributed by atoms with van der Waals surface area (Å²) in [6.07, 6.45) is 3.04. The summed E-state index contributed by atoms with van der Waals surface area (Å²) in [6.45, 7) is 7.83. The van der Waals surface area contributed by atoms with Crippen LogP contribution in [0, 0.1) is 0 Å². The van der Waals surface area contributed by atoms with E-state index in [2.05, 4.69) is 47.9 Å². The van der Waals surface area contributed by atoms with Crippen molar-refractivity contribution < 1.29 is 9.53 Å². The fourth-order valence-electron chi connectivity index (χ4n) is 3.40. The summed E-state index contributed by atoms with van der Waals surface area (Å²) in [5, 5.41) is 0. The smallest absolute Gasteiger partial charge is 0.406 e. The van der Waals surface area contributed by atoms with Gasteiger partial charge in [-0.05, 0) is 25.0 Å². The molecule has 0 radical (unpaired) electrons. The molecule has 2 N–H and O–H groups in total. The lowest BCUT2D eigenvalue weighted by molar-refractivity contribution is -0.122. The highest BCUT2D eigenvalue weighted by Crippen LogP contribution is 2.30. The number of carbonyl (C=O) groups is 1. The molecule has 1 atom stereocenters. The van der Waals surface area contributed by atoms with Crippen LogP contribution in [0.15, 0.2) is 30.3 Å². The number of piperazine rings is 1. The maximum atomic E-state index is 11.4. The zero-order valence-corrected chi connectivity index (χ0v) is 14.3. The van der Waals surface area contributed by atoms with Crippen molar-refractivity contribution in [2.45, 2.75) is 45.3 Å². The Kier molecular flexibility index (Phi) is 6.28. The van der Waals surface area contributed by atoms with Gasteiger partial charge in [-0.25, -0.2) is 4.79 Å². The Morgan fingerprint density at radius 1 is 1.17 bits per heavy atom. The normalized spacial score (nSPS) is 18.4. The summed E-state index contributed by atoms with van der Waals surface area (Å²) in [5.74, 6) is 0. The summed E-state index contributed by atoms with van der Waals surface area (Å²) in [5.41, 5.74) is 6.05. The van der Waals surface area contributed by atoms with Gasteiger partial charge in [-0.2, -0.15) is 0 Å². The van der Waals surface area contributed by atoms with Gasteiger partial charge in [0.2, 0.25) is 0 Å². The Bertz CT molecular complexity index is 486. The van der Waals surface area contributed by atoms with Crippen LogP contribution in [0.5, 0.6) is 0 Å². The molecule has 1 aliphatic rings. The summed E-state index contributed by atoms with van der Waals surface area (Å²) in [7, 11) is 0. The quantitative estimate of drug-likeness (QED) is 0.838. The zero-order valence-electron chi connectivity index (χ0n) is 14.3. The number of carbonyl (C=O) groups excluding carboxylic acids is 1. The van der Waals surface area contributed by atoms with E-state index in [0.717, 1.165) is 51.9 Å². The maximum absolute atomic E-state index is 11.4. The van der Waals surface area contributed by atoms with Crippen LogP contribution in [-0.4, -0.2) is 42.9 Å². The molecule has 1 heterocycles. The third kappa shape index (κ3) is 4.38. The van der Waals surface area contributed by atoms with Gasteiger partial charge in [0.25, 0.3) is 0 Å². The maximum Gasteiger partial charge on any atom is 0.406 e. The molecular weight excluding hydrogens is 290 g/mol. The lowest BCUT2D eigenvalue weighted by atomic mass is 9.99. The first kappa shape index (κ1) is 17.6. The Balaban J connectivity index is 2.05. The van der Waals surface area contributed by atoms with Crippen LogP contribution >= 0.6 is 0 Å². The first-order valence-corrected chi connectivity index (χ1v) is 8.65. The predicted molar refractivity (Wildman–Crippen MR) is 93.4 cm³/mol. The largest absolute Gasteiger partial charge is 0.428 e. The highest BCUT2D eigenvalue weighted by Gasteiger charge is 2.39. The van der Waals surface area contributed by atoms with E-state index in [9.17, 15) is 4.79 Å². The number of unbranched alkanes of at least 4 members (excludes halogenated alkanes) is 1. The number of hydrogen-bond donors (Lipinski definition) is 1. The molecule has 1 aliphatic heterocycles. The minimum Gasteiger partial charge on any atom is -0.428 e. The van der Waals surface area contributed by atoms with Crippen LogP contribution < -0.4 is 10.6 Å². The SMILES string of the molecule is CCCCC(CC)(OC(N)=O)N1CCN(c2ccccc2)CC1. The average Bonchev–Trinajstić information content (AvgIpc) is 2.59. The topological polar surface area (TPSA) is 58.8 Å². The second kappa shape index (κ2) is 8.20. The highest BCUT2D eigenvalue weighted by atomic mass is 16.6. The van der Waals surface area contributed by atoms with Crippen LogP contribution in [-0.2, 0) is 4.74 Å². The van der Waals surface area contributed by atoms with Crippen molar-refractivity contribution >= 4 is 11.8 Å². The van der Waals surface area contributed by atoms with Gasteiger partial charge in [0.15, 0.2) is 5.72 Å². The number of rotatable bonds is 7. The van der Waals surface area contributed by atoms with Gasteiger partial charge < -0.3 is 15.4 Å². The van der Waals surface area contributed by atoms with E-state index in [1.807, 2.05) is 6.07 Å². The third-order valence-corrected chi connectivity index (χ3v) is 4.74. The fourth-order valence-corrected chi connectivity index (χ4v) is 3.40. The minimum atomic E-state index is -0.673. The van der Waals surface area contributed by atoms with E-state index in [1.165, 1.54) is 5.69 Å². The molecule has 5 heteroatoms. The molecule has 0 bridgehead atoms. The van der Waals surface area contributed by atoms with Gasteiger partial charge >= 0.3 is 6.09 Å². The molecule has 1 unspecified atom stereocenters. The van der Waals surface area contributed by atoms with Crippen molar-refractivity contribution in [2.24, 2.45) is 5.73 Å². The van der Waals surface area contributed by atoms with E-state index in [1.54, 1.807) is 0 Å². The number of para-hydroxylation sites is 1. The Morgan fingerprint density at radius 2 is 1.83 bits per heavy atom. The van der Waals surface area contributed by atoms with Gasteiger partial charge in [-0.3, -0.25) is 4.90 Å². The average molecular weight is 319 g/mol. The number of nitrogens with two attached hydrogens (primary N) is 1. The molecule has 2 rings (SSSR count). The van der Waals surface area contributed by atoms with Crippen molar-refractivity contribution in [3.8, 4) is 0 Å². The Hall–Kier alpha value is -1.75. The monoisotopic (exact) mass is 319 g/mol. The molecule has 0 aromatic heterocycles. The van der Waals surface area contributed by atoms with Gasteiger partial charge in [0.1, 0.15) is 0 Å². The number of anilines is 1. The van der Waals surface area contributed by atoms with Gasteiger partial charge in [-0.1, -0.05) is 38.5 Å². The van der Waals surface area contributed by atoms with Crippen LogP contribution in [0.25, 0.3) is 0 Å². The standard InChI is InChI=1S/C18H29N3O2/c1-3-5-11-18(4-2,23-17(19)22)21-14-12-20(13-15-21)16-9-7-6-8-10-16/h6-10H,3-5,11-15H2,1-2H3,(H2,19,22). The van der Waals surface area contributed by atoms with Crippen LogP contribution in [0.4, 0.5) is 10.5 Å². The van der Waals surface area contributed by atoms with Gasteiger partial charge in [-0.15, -0.1) is 0 Å². The summed E-state index contributed by atoms with van der Waals surface area (Å²) >= 11 is 0. The summed E-state index contributed by atoms with van der Waals surface area (Å²) < 4.78 is 5.62. The molecule has 0 saturated carbocycles. The van der Waals surface area contributed by atoms with Gasteiger partial charge in [0.05, 0.1) is 0 Å². The number of primary amides is 1. The predicted octanol–water partition coefficient (Wildman–Crippen LogP) is 3.20. The van der Waals surface area contributed by atoms with E-state index < -0.39 is 11.8 Å². The molecule has 23 heavy (non-hydrogen) atoms. The van der Waals surface area contributed by atoms with Crippen LogP contribution in [0.2, 0.25) is 0 Å². The summed E-state index contributed by atoms with van der Waals surface area (Å²) in [6, 6.07) is 10.4. The molecule has 1 saturated heterocycles. The van der Waals surface area contributed by atoms with E-state index in [0.29, 0.717) is 0 Å². The minimum absolute atomic E-state index is 0.551. The lowest BCUT2D eigenvalue weighted by Gasteiger charge is -2.46. The zero-order chi connectivity index (χ0) is 16.7. The number of hydrogen-bond acceptors (Lipinski definition) is 4. The van der Waals surface area contributed by atoms with E-state index >= 15 is 0 Å². The van der Waals surface area contributed by atoms with E-state index in [4.69, 9.17) is 10.5 Å². The van der Waals surface area contributed by atoms with E-state index in [-0.39, 0.29) is 0 Å².